The van der Waals surface area contributed by atoms with Gasteiger partial charge in [-0.05, 0) is 92.8 Å². The lowest BCUT2D eigenvalue weighted by Gasteiger charge is -2.61. The minimum Gasteiger partial charge on any atom is -0.466 e. The molecule has 4 aliphatic rings. The van der Waals surface area contributed by atoms with Gasteiger partial charge in [0.2, 0.25) is 0 Å². The van der Waals surface area contributed by atoms with Crippen LogP contribution in [-0.2, 0) is 19.1 Å². The van der Waals surface area contributed by atoms with Gasteiger partial charge >= 0.3 is 5.97 Å². The summed E-state index contributed by atoms with van der Waals surface area (Å²) < 4.78 is 5.11. The number of carbonyl (C=O) groups excluding carboxylic acids is 3. The molecular formula is C27H42O4. The number of Topliss-reactive ketones (excluding diaryl/α,β-unsaturated/α-hetero) is 2. The van der Waals surface area contributed by atoms with Crippen molar-refractivity contribution in [1.29, 1.82) is 0 Å². The van der Waals surface area contributed by atoms with E-state index in [2.05, 4.69) is 20.8 Å². The lowest BCUT2D eigenvalue weighted by Crippen LogP contribution is -2.60. The van der Waals surface area contributed by atoms with Gasteiger partial charge in [0.05, 0.1) is 6.61 Å². The Morgan fingerprint density at radius 2 is 1.74 bits per heavy atom. The van der Waals surface area contributed by atoms with Crippen LogP contribution in [-0.4, -0.2) is 24.1 Å². The summed E-state index contributed by atoms with van der Waals surface area (Å²) in [6.07, 6.45) is 10.4. The molecule has 4 heteroatoms. The Hall–Kier alpha value is -1.19. The van der Waals surface area contributed by atoms with Gasteiger partial charge in [0.25, 0.3) is 0 Å². The van der Waals surface area contributed by atoms with E-state index < -0.39 is 0 Å². The van der Waals surface area contributed by atoms with Crippen molar-refractivity contribution < 1.29 is 19.1 Å². The summed E-state index contributed by atoms with van der Waals surface area (Å²) in [6, 6.07) is 0. The fraction of sp³-hybridized carbons (Fsp3) is 0.889. The third-order valence-corrected chi connectivity index (χ3v) is 10.4. The molecule has 0 aromatic carbocycles. The molecule has 0 amide bonds. The van der Waals surface area contributed by atoms with Gasteiger partial charge < -0.3 is 4.74 Å². The molecule has 8 atom stereocenters. The molecule has 4 fully saturated rings. The van der Waals surface area contributed by atoms with Crippen molar-refractivity contribution in [2.24, 2.45) is 46.3 Å². The molecular weight excluding hydrogens is 388 g/mol. The maximum Gasteiger partial charge on any atom is 0.305 e. The summed E-state index contributed by atoms with van der Waals surface area (Å²) in [7, 11) is 0. The second kappa shape index (κ2) is 8.63. The Morgan fingerprint density at radius 1 is 1.00 bits per heavy atom. The van der Waals surface area contributed by atoms with Crippen molar-refractivity contribution in [3.63, 3.8) is 0 Å². The lowest BCUT2D eigenvalue weighted by atomic mass is 9.42. The van der Waals surface area contributed by atoms with Crippen LogP contribution < -0.4 is 0 Å². The summed E-state index contributed by atoms with van der Waals surface area (Å²) in [5.74, 6) is 2.85. The number of hydrogen-bond acceptors (Lipinski definition) is 4. The van der Waals surface area contributed by atoms with Crippen LogP contribution in [0.15, 0.2) is 0 Å². The molecule has 4 nitrogen and oxygen atoms in total. The molecule has 0 aromatic rings. The Labute approximate surface area is 188 Å². The van der Waals surface area contributed by atoms with Gasteiger partial charge in [0.1, 0.15) is 11.6 Å². The zero-order valence-electron chi connectivity index (χ0n) is 20.1. The summed E-state index contributed by atoms with van der Waals surface area (Å²) in [4.78, 5) is 38.0. The molecule has 4 saturated carbocycles. The molecule has 0 radical (unpaired) electrons. The maximum atomic E-state index is 13.9. The quantitative estimate of drug-likeness (QED) is 0.502. The van der Waals surface area contributed by atoms with Gasteiger partial charge in [-0.3, -0.25) is 14.4 Å². The van der Waals surface area contributed by atoms with E-state index in [1.807, 2.05) is 6.92 Å². The number of ether oxygens (including phenoxy) is 1. The third-order valence-electron chi connectivity index (χ3n) is 10.4. The van der Waals surface area contributed by atoms with Gasteiger partial charge in [0.15, 0.2) is 0 Å². The number of fused-ring (bicyclic) bond motifs is 5. The Balaban J connectivity index is 1.53. The van der Waals surface area contributed by atoms with Crippen LogP contribution in [0.2, 0.25) is 0 Å². The van der Waals surface area contributed by atoms with Gasteiger partial charge in [-0.2, -0.15) is 0 Å². The van der Waals surface area contributed by atoms with Gasteiger partial charge in [-0.1, -0.05) is 20.8 Å². The van der Waals surface area contributed by atoms with E-state index >= 15 is 0 Å². The smallest absolute Gasteiger partial charge is 0.305 e. The minimum absolute atomic E-state index is 0.0701. The topological polar surface area (TPSA) is 60.4 Å². The molecule has 3 unspecified atom stereocenters. The first-order valence-corrected chi connectivity index (χ1v) is 13.0. The van der Waals surface area contributed by atoms with E-state index in [4.69, 9.17) is 4.74 Å². The van der Waals surface area contributed by atoms with Gasteiger partial charge in [-0.15, -0.1) is 0 Å². The van der Waals surface area contributed by atoms with Crippen molar-refractivity contribution in [3.05, 3.63) is 0 Å². The highest BCUT2D eigenvalue weighted by molar-refractivity contribution is 5.88. The summed E-state index contributed by atoms with van der Waals surface area (Å²) >= 11 is 0. The van der Waals surface area contributed by atoms with Crippen LogP contribution in [0.1, 0.15) is 98.3 Å². The highest BCUT2D eigenvalue weighted by Gasteiger charge is 2.64. The predicted molar refractivity (Wildman–Crippen MR) is 120 cm³/mol. The van der Waals surface area contributed by atoms with Crippen molar-refractivity contribution in [2.45, 2.75) is 98.3 Å². The molecule has 31 heavy (non-hydrogen) atoms. The monoisotopic (exact) mass is 430 g/mol. The number of esters is 1. The van der Waals surface area contributed by atoms with Crippen LogP contribution in [0.3, 0.4) is 0 Å². The Kier molecular flexibility index (Phi) is 6.40. The van der Waals surface area contributed by atoms with Crippen LogP contribution >= 0.6 is 0 Å². The van der Waals surface area contributed by atoms with E-state index in [9.17, 15) is 14.4 Å². The first kappa shape index (κ1) is 23.0. The predicted octanol–water partition coefficient (Wildman–Crippen LogP) is 5.76. The fourth-order valence-corrected chi connectivity index (χ4v) is 8.75. The zero-order valence-corrected chi connectivity index (χ0v) is 20.1. The van der Waals surface area contributed by atoms with Crippen LogP contribution in [0.5, 0.6) is 0 Å². The van der Waals surface area contributed by atoms with E-state index in [0.717, 1.165) is 38.5 Å². The second-order valence-electron chi connectivity index (χ2n) is 11.5. The first-order chi connectivity index (χ1) is 14.8. The third kappa shape index (κ3) is 3.70. The molecule has 0 N–H and O–H groups in total. The maximum absolute atomic E-state index is 13.9. The molecule has 4 aliphatic carbocycles. The zero-order chi connectivity index (χ0) is 22.4. The van der Waals surface area contributed by atoms with E-state index in [-0.39, 0.29) is 34.6 Å². The summed E-state index contributed by atoms with van der Waals surface area (Å²) in [5, 5.41) is 0. The lowest BCUT2D eigenvalue weighted by molar-refractivity contribution is -0.169. The average Bonchev–Trinajstić information content (AvgIpc) is 3.06. The van der Waals surface area contributed by atoms with Crippen molar-refractivity contribution >= 4 is 17.5 Å². The fourth-order valence-electron chi connectivity index (χ4n) is 8.75. The molecule has 0 heterocycles. The standard InChI is InChI=1S/C27H42O4/c1-5-19-22-16-18(28)12-14-27(22,4)21-13-15-26(3)17(8-7-9-23(29)31-6-2)10-11-20(26)24(21)25(19)30/h17,19-22,24H,5-16H2,1-4H3/t17-,19-,20?,21?,22-,24?,26+,27+/m0/s1. The SMILES string of the molecule is CCOC(=O)CCC[C@H]1CCC2C3C(=O)[C@@H](CC)[C@@H]4CC(=O)CC[C@]4(C)C3CC[C@@]21C. The van der Waals surface area contributed by atoms with Crippen LogP contribution in [0.25, 0.3) is 0 Å². The molecule has 0 saturated heterocycles. The summed E-state index contributed by atoms with van der Waals surface area (Å²) in [5.41, 5.74) is 0.369. The van der Waals surface area contributed by atoms with Crippen molar-refractivity contribution in [1.82, 2.24) is 0 Å². The van der Waals surface area contributed by atoms with Crippen LogP contribution in [0, 0.1) is 46.3 Å². The minimum atomic E-state index is -0.0787. The van der Waals surface area contributed by atoms with Gasteiger partial charge in [0, 0.05) is 31.1 Å². The Morgan fingerprint density at radius 3 is 2.45 bits per heavy atom. The number of rotatable bonds is 6. The Bertz CT molecular complexity index is 729. The van der Waals surface area contributed by atoms with E-state index in [0.29, 0.717) is 55.2 Å². The number of carbonyl (C=O) groups is 3. The van der Waals surface area contributed by atoms with E-state index in [1.165, 1.54) is 12.8 Å². The van der Waals surface area contributed by atoms with E-state index in [1.54, 1.807) is 0 Å². The highest BCUT2D eigenvalue weighted by Crippen LogP contribution is 2.68. The molecule has 0 aromatic heterocycles. The molecule has 0 bridgehead atoms. The van der Waals surface area contributed by atoms with Crippen LogP contribution in [0.4, 0.5) is 0 Å². The molecule has 4 rings (SSSR count). The normalized spacial score (nSPS) is 44.4. The first-order valence-electron chi connectivity index (χ1n) is 13.0. The average molecular weight is 431 g/mol. The largest absolute Gasteiger partial charge is 0.466 e. The van der Waals surface area contributed by atoms with Crippen molar-refractivity contribution in [2.75, 3.05) is 6.61 Å². The second-order valence-corrected chi connectivity index (χ2v) is 11.5. The van der Waals surface area contributed by atoms with Gasteiger partial charge in [-0.25, -0.2) is 0 Å². The number of hydrogen-bond donors (Lipinski definition) is 0. The number of ketones is 2. The molecule has 0 spiro atoms. The summed E-state index contributed by atoms with van der Waals surface area (Å²) in [6.45, 7) is 9.33. The molecule has 174 valence electrons. The highest BCUT2D eigenvalue weighted by atomic mass is 16.5. The molecule has 0 aliphatic heterocycles. The van der Waals surface area contributed by atoms with Crippen molar-refractivity contribution in [3.8, 4) is 0 Å².